The minimum atomic E-state index is 0.696. The maximum atomic E-state index is 8.77. The summed E-state index contributed by atoms with van der Waals surface area (Å²) in [5.74, 6) is 0. The first-order valence-electron chi connectivity index (χ1n) is 6.13. The molecule has 0 fully saturated rings. The van der Waals surface area contributed by atoms with Crippen LogP contribution in [0.5, 0.6) is 0 Å². The van der Waals surface area contributed by atoms with Gasteiger partial charge in [0.25, 0.3) is 0 Å². The zero-order valence-electron chi connectivity index (χ0n) is 10.8. The van der Waals surface area contributed by atoms with Gasteiger partial charge in [-0.15, -0.1) is 0 Å². The van der Waals surface area contributed by atoms with Gasteiger partial charge in [0.05, 0.1) is 18.2 Å². The number of nitrogens with one attached hydrogen (secondary N) is 1. The molecule has 0 aromatic heterocycles. The zero-order valence-corrected chi connectivity index (χ0v) is 10.8. The van der Waals surface area contributed by atoms with Crippen molar-refractivity contribution in [2.24, 2.45) is 0 Å². The first-order chi connectivity index (χ1) is 8.86. The quantitative estimate of drug-likeness (QED) is 0.676. The van der Waals surface area contributed by atoms with E-state index in [1.165, 1.54) is 0 Å². The van der Waals surface area contributed by atoms with Gasteiger partial charge < -0.3 is 14.8 Å². The molecule has 0 bridgehead atoms. The third-order valence-electron chi connectivity index (χ3n) is 2.45. The van der Waals surface area contributed by atoms with E-state index in [-0.39, 0.29) is 0 Å². The molecule has 0 heterocycles. The average molecular weight is 248 g/mol. The first kappa shape index (κ1) is 14.7. The van der Waals surface area contributed by atoms with Crippen molar-refractivity contribution in [3.05, 3.63) is 35.4 Å². The number of nitriles is 1. The van der Waals surface area contributed by atoms with E-state index in [1.54, 1.807) is 7.11 Å². The van der Waals surface area contributed by atoms with Crippen molar-refractivity contribution in [2.75, 3.05) is 33.5 Å². The predicted octanol–water partition coefficient (Wildman–Crippen LogP) is 1.70. The molecule has 0 saturated heterocycles. The second-order valence-electron chi connectivity index (χ2n) is 3.95. The molecule has 1 aromatic rings. The molecule has 1 aromatic carbocycles. The Morgan fingerprint density at radius 3 is 2.94 bits per heavy atom. The van der Waals surface area contributed by atoms with E-state index in [2.05, 4.69) is 11.4 Å². The minimum absolute atomic E-state index is 0.696. The van der Waals surface area contributed by atoms with E-state index in [0.717, 1.165) is 38.3 Å². The normalized spacial score (nSPS) is 10.2. The standard InChI is InChI=1S/C14H20N2O2/c1-17-7-3-8-18-9-6-16-12-14-5-2-4-13(10-14)11-15/h2,4-5,10,16H,3,6-9,12H2,1H3. The Balaban J connectivity index is 2.05. The van der Waals surface area contributed by atoms with Gasteiger partial charge >= 0.3 is 0 Å². The average Bonchev–Trinajstić information content (AvgIpc) is 2.42. The molecular formula is C14H20N2O2. The van der Waals surface area contributed by atoms with Crippen molar-refractivity contribution in [1.82, 2.24) is 5.32 Å². The van der Waals surface area contributed by atoms with Crippen LogP contribution in [0.3, 0.4) is 0 Å². The zero-order chi connectivity index (χ0) is 13.1. The van der Waals surface area contributed by atoms with Crippen molar-refractivity contribution >= 4 is 0 Å². The largest absolute Gasteiger partial charge is 0.385 e. The van der Waals surface area contributed by atoms with Gasteiger partial charge in [-0.25, -0.2) is 0 Å². The van der Waals surface area contributed by atoms with Crippen molar-refractivity contribution < 1.29 is 9.47 Å². The molecule has 0 saturated carbocycles. The van der Waals surface area contributed by atoms with Crippen LogP contribution in [0.1, 0.15) is 17.5 Å². The van der Waals surface area contributed by atoms with Crippen LogP contribution in [-0.2, 0) is 16.0 Å². The smallest absolute Gasteiger partial charge is 0.0991 e. The molecule has 1 rings (SSSR count). The molecule has 0 aliphatic rings. The molecule has 1 N–H and O–H groups in total. The van der Waals surface area contributed by atoms with Crippen LogP contribution >= 0.6 is 0 Å². The third kappa shape index (κ3) is 6.36. The lowest BCUT2D eigenvalue weighted by Crippen LogP contribution is -2.19. The summed E-state index contributed by atoms with van der Waals surface area (Å²) in [5.41, 5.74) is 1.82. The lowest BCUT2D eigenvalue weighted by molar-refractivity contribution is 0.104. The van der Waals surface area contributed by atoms with Gasteiger partial charge in [-0.3, -0.25) is 0 Å². The van der Waals surface area contributed by atoms with Crippen LogP contribution in [0.4, 0.5) is 0 Å². The Labute approximate surface area is 109 Å². The number of rotatable bonds is 9. The van der Waals surface area contributed by atoms with Gasteiger partial charge in [0, 0.05) is 33.4 Å². The van der Waals surface area contributed by atoms with Crippen molar-refractivity contribution in [3.8, 4) is 6.07 Å². The lowest BCUT2D eigenvalue weighted by Gasteiger charge is -2.06. The number of hydrogen-bond donors (Lipinski definition) is 1. The molecule has 0 atom stereocenters. The predicted molar refractivity (Wildman–Crippen MR) is 70.2 cm³/mol. The number of hydrogen-bond acceptors (Lipinski definition) is 4. The summed E-state index contributed by atoms with van der Waals surface area (Å²) in [6, 6.07) is 9.74. The summed E-state index contributed by atoms with van der Waals surface area (Å²) in [4.78, 5) is 0. The Hall–Kier alpha value is -1.41. The van der Waals surface area contributed by atoms with E-state index < -0.39 is 0 Å². The van der Waals surface area contributed by atoms with Crippen molar-refractivity contribution in [2.45, 2.75) is 13.0 Å². The molecule has 0 amide bonds. The van der Waals surface area contributed by atoms with E-state index in [1.807, 2.05) is 24.3 Å². The highest BCUT2D eigenvalue weighted by Gasteiger charge is 1.95. The van der Waals surface area contributed by atoms with E-state index in [9.17, 15) is 0 Å². The fourth-order valence-corrected chi connectivity index (χ4v) is 1.54. The van der Waals surface area contributed by atoms with Crippen LogP contribution in [0.15, 0.2) is 24.3 Å². The van der Waals surface area contributed by atoms with E-state index in [4.69, 9.17) is 14.7 Å². The van der Waals surface area contributed by atoms with Gasteiger partial charge in [-0.1, -0.05) is 12.1 Å². The fraction of sp³-hybridized carbons (Fsp3) is 0.500. The van der Waals surface area contributed by atoms with Crippen LogP contribution in [0.2, 0.25) is 0 Å². The topological polar surface area (TPSA) is 54.3 Å². The van der Waals surface area contributed by atoms with E-state index >= 15 is 0 Å². The van der Waals surface area contributed by atoms with Gasteiger partial charge in [0.2, 0.25) is 0 Å². The lowest BCUT2D eigenvalue weighted by atomic mass is 10.1. The number of nitrogens with zero attached hydrogens (tertiary/aromatic N) is 1. The second kappa shape index (κ2) is 9.60. The van der Waals surface area contributed by atoms with Crippen LogP contribution in [-0.4, -0.2) is 33.5 Å². The molecule has 0 unspecified atom stereocenters. The summed E-state index contributed by atoms with van der Waals surface area (Å²) in [5, 5.41) is 12.1. The summed E-state index contributed by atoms with van der Waals surface area (Å²) < 4.78 is 10.4. The molecule has 0 aliphatic carbocycles. The highest BCUT2D eigenvalue weighted by Crippen LogP contribution is 2.03. The highest BCUT2D eigenvalue weighted by atomic mass is 16.5. The molecule has 0 aliphatic heterocycles. The second-order valence-corrected chi connectivity index (χ2v) is 3.95. The summed E-state index contributed by atoms with van der Waals surface area (Å²) in [6.07, 6.45) is 0.931. The molecule has 4 nitrogen and oxygen atoms in total. The fourth-order valence-electron chi connectivity index (χ4n) is 1.54. The number of benzene rings is 1. The van der Waals surface area contributed by atoms with E-state index in [0.29, 0.717) is 12.2 Å². The highest BCUT2D eigenvalue weighted by molar-refractivity contribution is 5.32. The maximum Gasteiger partial charge on any atom is 0.0991 e. The number of methoxy groups -OCH3 is 1. The molecule has 4 heteroatoms. The maximum absolute atomic E-state index is 8.77. The summed E-state index contributed by atoms with van der Waals surface area (Å²) >= 11 is 0. The van der Waals surface area contributed by atoms with Gasteiger partial charge in [-0.2, -0.15) is 5.26 Å². The Kier molecular flexibility index (Phi) is 7.82. The molecule has 0 radical (unpaired) electrons. The molecule has 18 heavy (non-hydrogen) atoms. The monoisotopic (exact) mass is 248 g/mol. The van der Waals surface area contributed by atoms with Crippen molar-refractivity contribution in [1.29, 1.82) is 5.26 Å². The number of ether oxygens (including phenoxy) is 2. The van der Waals surface area contributed by atoms with Gasteiger partial charge in [0.15, 0.2) is 0 Å². The minimum Gasteiger partial charge on any atom is -0.385 e. The van der Waals surface area contributed by atoms with Crippen LogP contribution < -0.4 is 5.32 Å². The van der Waals surface area contributed by atoms with Crippen LogP contribution in [0, 0.1) is 11.3 Å². The molecule has 98 valence electrons. The third-order valence-corrected chi connectivity index (χ3v) is 2.45. The Bertz CT molecular complexity index is 374. The molecule has 0 spiro atoms. The summed E-state index contributed by atoms with van der Waals surface area (Å²) in [6.45, 7) is 3.75. The Morgan fingerprint density at radius 2 is 2.17 bits per heavy atom. The molecular weight excluding hydrogens is 228 g/mol. The van der Waals surface area contributed by atoms with Gasteiger partial charge in [-0.05, 0) is 24.1 Å². The first-order valence-corrected chi connectivity index (χ1v) is 6.13. The summed E-state index contributed by atoms with van der Waals surface area (Å²) in [7, 11) is 1.69. The van der Waals surface area contributed by atoms with Crippen LogP contribution in [0.25, 0.3) is 0 Å². The van der Waals surface area contributed by atoms with Gasteiger partial charge in [0.1, 0.15) is 0 Å². The SMILES string of the molecule is COCCCOCCNCc1cccc(C#N)c1. The Morgan fingerprint density at radius 1 is 1.28 bits per heavy atom. The van der Waals surface area contributed by atoms with Crippen molar-refractivity contribution in [3.63, 3.8) is 0 Å².